The zero-order valence-corrected chi connectivity index (χ0v) is 12.4. The fourth-order valence-electron chi connectivity index (χ4n) is 2.16. The van der Waals surface area contributed by atoms with Crippen molar-refractivity contribution in [2.24, 2.45) is 0 Å². The van der Waals surface area contributed by atoms with Crippen LogP contribution < -0.4 is 11.1 Å². The van der Waals surface area contributed by atoms with Gasteiger partial charge in [-0.3, -0.25) is 4.79 Å². The Hall–Kier alpha value is -1.07. The van der Waals surface area contributed by atoms with Crippen molar-refractivity contribution in [2.45, 2.75) is 38.2 Å². The topological polar surface area (TPSA) is 64.3 Å². The van der Waals surface area contributed by atoms with Crippen LogP contribution in [0.1, 0.15) is 32.1 Å². The number of nitrogens with one attached hydrogen (secondary N) is 1. The molecule has 1 aliphatic rings. The zero-order valence-electron chi connectivity index (χ0n) is 10.8. The Bertz CT molecular complexity index is 445. The Labute approximate surface area is 121 Å². The normalized spacial score (nSPS) is 19.1. The van der Waals surface area contributed by atoms with Gasteiger partial charge in [-0.1, -0.05) is 0 Å². The van der Waals surface area contributed by atoms with Crippen LogP contribution in [0.2, 0.25) is 0 Å². The summed E-state index contributed by atoms with van der Waals surface area (Å²) in [5, 5.41) is 2.87. The predicted molar refractivity (Wildman–Crippen MR) is 80.0 cm³/mol. The lowest BCUT2D eigenvalue weighted by Gasteiger charge is -2.22. The van der Waals surface area contributed by atoms with Crippen molar-refractivity contribution in [1.82, 2.24) is 0 Å². The molecule has 1 atom stereocenters. The molecule has 0 aromatic heterocycles. The summed E-state index contributed by atoms with van der Waals surface area (Å²) >= 11 is 3.34. The molecule has 104 valence electrons. The van der Waals surface area contributed by atoms with Gasteiger partial charge in [-0.25, -0.2) is 0 Å². The molecule has 0 bridgehead atoms. The Morgan fingerprint density at radius 1 is 1.47 bits per heavy atom. The minimum absolute atomic E-state index is 0.0193. The van der Waals surface area contributed by atoms with Crippen molar-refractivity contribution in [1.29, 1.82) is 0 Å². The first kappa shape index (κ1) is 14.3. The summed E-state index contributed by atoms with van der Waals surface area (Å²) in [6.07, 6.45) is 4.95. The van der Waals surface area contributed by atoms with Crippen molar-refractivity contribution >= 4 is 33.2 Å². The summed E-state index contributed by atoms with van der Waals surface area (Å²) in [4.78, 5) is 11.8. The summed E-state index contributed by atoms with van der Waals surface area (Å²) in [5.74, 6) is 0.0193. The van der Waals surface area contributed by atoms with Gasteiger partial charge in [0, 0.05) is 28.9 Å². The molecule has 1 heterocycles. The van der Waals surface area contributed by atoms with E-state index in [1.165, 1.54) is 6.42 Å². The average Bonchev–Trinajstić information content (AvgIpc) is 2.42. The Morgan fingerprint density at radius 2 is 2.32 bits per heavy atom. The Morgan fingerprint density at radius 3 is 3.00 bits per heavy atom. The third-order valence-corrected chi connectivity index (χ3v) is 3.94. The highest BCUT2D eigenvalue weighted by Crippen LogP contribution is 2.23. The number of amides is 1. The first-order chi connectivity index (χ1) is 9.15. The molecular formula is C14H19BrN2O2. The van der Waals surface area contributed by atoms with E-state index in [4.69, 9.17) is 10.5 Å². The van der Waals surface area contributed by atoms with Crippen molar-refractivity contribution < 1.29 is 9.53 Å². The molecule has 1 amide bonds. The Kier molecular flexibility index (Phi) is 5.22. The molecule has 0 aliphatic carbocycles. The molecular weight excluding hydrogens is 308 g/mol. The van der Waals surface area contributed by atoms with Crippen LogP contribution in [-0.2, 0) is 9.53 Å². The lowest BCUT2D eigenvalue weighted by atomic mass is 10.0. The number of carbonyl (C=O) groups is 1. The van der Waals surface area contributed by atoms with E-state index in [1.54, 1.807) is 12.1 Å². The van der Waals surface area contributed by atoms with Gasteiger partial charge in [-0.05, 0) is 59.8 Å². The van der Waals surface area contributed by atoms with Gasteiger partial charge >= 0.3 is 0 Å². The van der Waals surface area contributed by atoms with E-state index in [1.807, 2.05) is 6.07 Å². The fourth-order valence-corrected chi connectivity index (χ4v) is 2.53. The van der Waals surface area contributed by atoms with E-state index >= 15 is 0 Å². The number of benzene rings is 1. The quantitative estimate of drug-likeness (QED) is 0.834. The van der Waals surface area contributed by atoms with Crippen LogP contribution in [0.15, 0.2) is 22.7 Å². The van der Waals surface area contributed by atoms with Crippen LogP contribution in [0.4, 0.5) is 11.4 Å². The van der Waals surface area contributed by atoms with Gasteiger partial charge in [-0.2, -0.15) is 0 Å². The highest BCUT2D eigenvalue weighted by Gasteiger charge is 2.15. The molecule has 1 saturated heterocycles. The van der Waals surface area contributed by atoms with Gasteiger partial charge in [-0.15, -0.1) is 0 Å². The minimum Gasteiger partial charge on any atom is -0.398 e. The number of nitrogens with two attached hydrogens (primary N) is 1. The Balaban J connectivity index is 1.78. The molecule has 0 spiro atoms. The molecule has 2 rings (SSSR count). The number of carbonyl (C=O) groups excluding carboxylic acids is 1. The van der Waals surface area contributed by atoms with E-state index in [0.29, 0.717) is 12.1 Å². The van der Waals surface area contributed by atoms with Gasteiger partial charge in [0.05, 0.1) is 6.10 Å². The standard InChI is InChI=1S/C14H19BrN2O2/c15-12-9-10(4-6-13(12)16)17-14(18)7-5-11-3-1-2-8-19-11/h4,6,9,11H,1-3,5,7-8,16H2,(H,17,18). The smallest absolute Gasteiger partial charge is 0.224 e. The number of anilines is 2. The number of nitrogen functional groups attached to an aromatic ring is 1. The second kappa shape index (κ2) is 6.91. The first-order valence-electron chi connectivity index (χ1n) is 6.61. The molecule has 1 aromatic carbocycles. The second-order valence-corrected chi connectivity index (χ2v) is 5.67. The largest absolute Gasteiger partial charge is 0.398 e. The van der Waals surface area contributed by atoms with Gasteiger partial charge in [0.2, 0.25) is 5.91 Å². The minimum atomic E-state index is 0.0193. The molecule has 1 fully saturated rings. The summed E-state index contributed by atoms with van der Waals surface area (Å²) in [7, 11) is 0. The van der Waals surface area contributed by atoms with Crippen LogP contribution >= 0.6 is 15.9 Å². The number of halogens is 1. The van der Waals surface area contributed by atoms with Crippen molar-refractivity contribution in [2.75, 3.05) is 17.7 Å². The highest BCUT2D eigenvalue weighted by atomic mass is 79.9. The van der Waals surface area contributed by atoms with Crippen LogP contribution in [0.25, 0.3) is 0 Å². The maximum Gasteiger partial charge on any atom is 0.224 e. The van der Waals surface area contributed by atoms with Crippen molar-refractivity contribution in [3.8, 4) is 0 Å². The third kappa shape index (κ3) is 4.51. The molecule has 5 heteroatoms. The molecule has 1 aromatic rings. The van der Waals surface area contributed by atoms with Crippen LogP contribution in [0.3, 0.4) is 0 Å². The fraction of sp³-hybridized carbons (Fsp3) is 0.500. The van der Waals surface area contributed by atoms with E-state index in [2.05, 4.69) is 21.2 Å². The molecule has 3 N–H and O–H groups in total. The van der Waals surface area contributed by atoms with E-state index in [9.17, 15) is 4.79 Å². The lowest BCUT2D eigenvalue weighted by molar-refractivity contribution is -0.117. The monoisotopic (exact) mass is 326 g/mol. The average molecular weight is 327 g/mol. The summed E-state index contributed by atoms with van der Waals surface area (Å²) in [6, 6.07) is 5.38. The second-order valence-electron chi connectivity index (χ2n) is 4.81. The maximum atomic E-state index is 11.8. The van der Waals surface area contributed by atoms with Crippen LogP contribution in [0, 0.1) is 0 Å². The third-order valence-electron chi connectivity index (χ3n) is 3.25. The molecule has 19 heavy (non-hydrogen) atoms. The number of hydrogen-bond donors (Lipinski definition) is 2. The van der Waals surface area contributed by atoms with E-state index in [-0.39, 0.29) is 12.0 Å². The predicted octanol–water partition coefficient (Wildman–Crippen LogP) is 3.32. The summed E-state index contributed by atoms with van der Waals surface area (Å²) < 4.78 is 6.40. The van der Waals surface area contributed by atoms with Gasteiger partial charge in [0.25, 0.3) is 0 Å². The van der Waals surface area contributed by atoms with Gasteiger partial charge in [0.1, 0.15) is 0 Å². The highest BCUT2D eigenvalue weighted by molar-refractivity contribution is 9.10. The van der Waals surface area contributed by atoms with E-state index < -0.39 is 0 Å². The molecule has 4 nitrogen and oxygen atoms in total. The molecule has 0 radical (unpaired) electrons. The number of hydrogen-bond acceptors (Lipinski definition) is 3. The van der Waals surface area contributed by atoms with Crippen molar-refractivity contribution in [3.63, 3.8) is 0 Å². The van der Waals surface area contributed by atoms with E-state index in [0.717, 1.165) is 36.0 Å². The zero-order chi connectivity index (χ0) is 13.7. The van der Waals surface area contributed by atoms with Crippen LogP contribution in [-0.4, -0.2) is 18.6 Å². The summed E-state index contributed by atoms with van der Waals surface area (Å²) in [5.41, 5.74) is 7.12. The molecule has 1 unspecified atom stereocenters. The lowest BCUT2D eigenvalue weighted by Crippen LogP contribution is -2.21. The molecule has 0 saturated carbocycles. The molecule has 1 aliphatic heterocycles. The van der Waals surface area contributed by atoms with Gasteiger partial charge in [0.15, 0.2) is 0 Å². The SMILES string of the molecule is Nc1ccc(NC(=O)CCC2CCCCO2)cc1Br. The first-order valence-corrected chi connectivity index (χ1v) is 7.41. The number of rotatable bonds is 4. The maximum absolute atomic E-state index is 11.8. The van der Waals surface area contributed by atoms with Crippen LogP contribution in [0.5, 0.6) is 0 Å². The number of ether oxygens (including phenoxy) is 1. The van der Waals surface area contributed by atoms with Gasteiger partial charge < -0.3 is 15.8 Å². The summed E-state index contributed by atoms with van der Waals surface area (Å²) in [6.45, 7) is 0.831. The van der Waals surface area contributed by atoms with Crippen molar-refractivity contribution in [3.05, 3.63) is 22.7 Å².